The van der Waals surface area contributed by atoms with E-state index in [2.05, 4.69) is 11.9 Å². The lowest BCUT2D eigenvalue weighted by molar-refractivity contribution is -0.118. The van der Waals surface area contributed by atoms with Crippen LogP contribution in [-0.2, 0) is 20.7 Å². The topological polar surface area (TPSA) is 78.9 Å². The fourth-order valence-corrected chi connectivity index (χ4v) is 3.37. The molecule has 6 nitrogen and oxygen atoms in total. The van der Waals surface area contributed by atoms with E-state index in [4.69, 9.17) is 4.74 Å². The van der Waals surface area contributed by atoms with E-state index >= 15 is 0 Å². The fourth-order valence-electron chi connectivity index (χ4n) is 3.37. The summed E-state index contributed by atoms with van der Waals surface area (Å²) in [5.74, 6) is 0.707. The third-order valence-electron chi connectivity index (χ3n) is 5.18. The van der Waals surface area contributed by atoms with Crippen LogP contribution in [0.15, 0.2) is 66.9 Å². The average molecular weight is 439 g/mol. The van der Waals surface area contributed by atoms with Crippen molar-refractivity contribution >= 4 is 23.2 Å². The number of methoxy groups -OCH3 is 1. The van der Waals surface area contributed by atoms with Crippen molar-refractivity contribution in [1.82, 2.24) is 0 Å². The van der Waals surface area contributed by atoms with Gasteiger partial charge in [0.15, 0.2) is 0 Å². The predicted molar refractivity (Wildman–Crippen MR) is 129 cm³/mol. The van der Waals surface area contributed by atoms with Crippen LogP contribution in [0, 0.1) is 0 Å². The number of amides is 2. The van der Waals surface area contributed by atoms with Gasteiger partial charge < -0.3 is 20.1 Å². The zero-order valence-electron chi connectivity index (χ0n) is 18.9. The van der Waals surface area contributed by atoms with Gasteiger partial charge in [0.2, 0.25) is 11.8 Å². The Labute approximate surface area is 190 Å². The number of allylic oxidation sites excluding steroid dienone is 1. The van der Waals surface area contributed by atoms with Crippen molar-refractivity contribution in [2.75, 3.05) is 30.5 Å². The molecule has 32 heavy (non-hydrogen) atoms. The minimum absolute atomic E-state index is 0.00618. The highest BCUT2D eigenvalue weighted by Gasteiger charge is 2.15. The van der Waals surface area contributed by atoms with Crippen LogP contribution in [0.2, 0.25) is 0 Å². The summed E-state index contributed by atoms with van der Waals surface area (Å²) in [5, 5.41) is 12.2. The first kappa shape index (κ1) is 25.1. The van der Waals surface area contributed by atoms with Gasteiger partial charge in [-0.15, -0.1) is 0 Å². The molecule has 0 aliphatic heterocycles. The molecule has 0 heterocycles. The van der Waals surface area contributed by atoms with Crippen molar-refractivity contribution in [1.29, 1.82) is 0 Å². The van der Waals surface area contributed by atoms with Gasteiger partial charge in [0, 0.05) is 30.8 Å². The molecule has 172 valence electrons. The summed E-state index contributed by atoms with van der Waals surface area (Å²) in [7, 11) is 1.63. The Kier molecular flexibility index (Phi) is 11.0. The molecule has 0 spiro atoms. The predicted octanol–water partition coefficient (Wildman–Crippen LogP) is 4.69. The summed E-state index contributed by atoms with van der Waals surface area (Å²) in [4.78, 5) is 26.5. The van der Waals surface area contributed by atoms with Gasteiger partial charge in [0.05, 0.1) is 25.9 Å². The van der Waals surface area contributed by atoms with E-state index < -0.39 is 0 Å². The second kappa shape index (κ2) is 14.0. The van der Waals surface area contributed by atoms with Crippen LogP contribution in [0.1, 0.15) is 44.1 Å². The molecule has 0 bridgehead atoms. The molecule has 0 aliphatic carbocycles. The minimum Gasteiger partial charge on any atom is -0.502 e. The molecule has 2 aromatic carbocycles. The molecule has 2 N–H and O–H groups in total. The highest BCUT2D eigenvalue weighted by molar-refractivity contribution is 5.95. The second-order valence-corrected chi connectivity index (χ2v) is 7.68. The zero-order valence-corrected chi connectivity index (χ0v) is 18.9. The SMILES string of the molecule is C=C(CCCCCCC(=O)Nc1ccc(CC(=O)N(CCO)c2ccccc2)cc1)OC. The van der Waals surface area contributed by atoms with Crippen molar-refractivity contribution in [2.45, 2.75) is 44.9 Å². The Morgan fingerprint density at radius 3 is 2.25 bits per heavy atom. The number of hydrogen-bond acceptors (Lipinski definition) is 4. The molecule has 2 amide bonds. The molecule has 0 fully saturated rings. The van der Waals surface area contributed by atoms with Crippen molar-refractivity contribution < 1.29 is 19.4 Å². The van der Waals surface area contributed by atoms with E-state index in [9.17, 15) is 14.7 Å². The molecule has 0 radical (unpaired) electrons. The molecular formula is C26H34N2O4. The Balaban J connectivity index is 1.76. The number of benzene rings is 2. The molecule has 0 aromatic heterocycles. The van der Waals surface area contributed by atoms with Gasteiger partial charge in [-0.3, -0.25) is 9.59 Å². The first-order valence-corrected chi connectivity index (χ1v) is 11.1. The number of carbonyl (C=O) groups is 2. The molecule has 2 rings (SSSR count). The number of rotatable bonds is 14. The standard InChI is InChI=1S/C26H34N2O4/c1-21(32-2)10-6-3-4-9-13-25(30)27-23-16-14-22(15-17-23)20-26(31)28(18-19-29)24-11-7-5-8-12-24/h5,7-8,11-12,14-17,29H,1,3-4,6,9-10,13,18-20H2,2H3,(H,27,30). The van der Waals surface area contributed by atoms with Crippen LogP contribution in [-0.4, -0.2) is 37.2 Å². The molecule has 0 saturated carbocycles. The van der Waals surface area contributed by atoms with Crippen LogP contribution in [0.4, 0.5) is 11.4 Å². The number of aliphatic hydroxyl groups excluding tert-OH is 1. The number of carbonyl (C=O) groups excluding carboxylic acids is 2. The van der Waals surface area contributed by atoms with Gasteiger partial charge in [-0.25, -0.2) is 0 Å². The van der Waals surface area contributed by atoms with Gasteiger partial charge >= 0.3 is 0 Å². The van der Waals surface area contributed by atoms with Crippen LogP contribution in [0.3, 0.4) is 0 Å². The number of hydrogen-bond donors (Lipinski definition) is 2. The highest BCUT2D eigenvalue weighted by atomic mass is 16.5. The first-order chi connectivity index (χ1) is 15.5. The van der Waals surface area contributed by atoms with Crippen LogP contribution >= 0.6 is 0 Å². The lowest BCUT2D eigenvalue weighted by Gasteiger charge is -2.22. The molecule has 0 aliphatic rings. The summed E-state index contributed by atoms with van der Waals surface area (Å²) in [6, 6.07) is 16.6. The molecular weight excluding hydrogens is 404 g/mol. The lowest BCUT2D eigenvalue weighted by atomic mass is 10.1. The van der Waals surface area contributed by atoms with Crippen molar-refractivity contribution in [3.05, 3.63) is 72.5 Å². The van der Waals surface area contributed by atoms with Crippen molar-refractivity contribution in [3.8, 4) is 0 Å². The smallest absolute Gasteiger partial charge is 0.231 e. The van der Waals surface area contributed by atoms with E-state index in [-0.39, 0.29) is 31.4 Å². The summed E-state index contributed by atoms with van der Waals surface area (Å²) in [5.41, 5.74) is 2.33. The normalized spacial score (nSPS) is 10.4. The monoisotopic (exact) mass is 438 g/mol. The average Bonchev–Trinajstić information content (AvgIpc) is 2.81. The van der Waals surface area contributed by atoms with E-state index in [1.54, 1.807) is 12.0 Å². The Morgan fingerprint density at radius 1 is 0.969 bits per heavy atom. The number of anilines is 2. The van der Waals surface area contributed by atoms with Gasteiger partial charge in [0.25, 0.3) is 0 Å². The highest BCUT2D eigenvalue weighted by Crippen LogP contribution is 2.17. The number of para-hydroxylation sites is 1. The van der Waals surface area contributed by atoms with Crippen molar-refractivity contribution in [3.63, 3.8) is 0 Å². The number of nitrogens with one attached hydrogen (secondary N) is 1. The zero-order chi connectivity index (χ0) is 23.2. The Hall–Kier alpha value is -3.12. The summed E-state index contributed by atoms with van der Waals surface area (Å²) in [6.07, 6.45) is 5.48. The van der Waals surface area contributed by atoms with E-state index in [0.717, 1.165) is 54.8 Å². The number of nitrogens with zero attached hydrogens (tertiary/aromatic N) is 1. The minimum atomic E-state index is -0.103. The van der Waals surface area contributed by atoms with Gasteiger partial charge in [-0.1, -0.05) is 49.8 Å². The molecule has 6 heteroatoms. The third kappa shape index (κ3) is 8.94. The van der Waals surface area contributed by atoms with Crippen LogP contribution < -0.4 is 10.2 Å². The maximum absolute atomic E-state index is 12.7. The van der Waals surface area contributed by atoms with Crippen LogP contribution in [0.25, 0.3) is 0 Å². The summed E-state index contributed by atoms with van der Waals surface area (Å²) < 4.78 is 5.04. The summed E-state index contributed by atoms with van der Waals surface area (Å²) >= 11 is 0. The Morgan fingerprint density at radius 2 is 1.62 bits per heavy atom. The largest absolute Gasteiger partial charge is 0.502 e. The number of unbranched alkanes of at least 4 members (excludes halogenated alkanes) is 3. The van der Waals surface area contributed by atoms with E-state index in [0.29, 0.717) is 6.42 Å². The lowest BCUT2D eigenvalue weighted by Crippen LogP contribution is -2.34. The first-order valence-electron chi connectivity index (χ1n) is 11.1. The third-order valence-corrected chi connectivity index (χ3v) is 5.18. The molecule has 0 atom stereocenters. The second-order valence-electron chi connectivity index (χ2n) is 7.68. The van der Waals surface area contributed by atoms with E-state index in [1.165, 1.54) is 0 Å². The van der Waals surface area contributed by atoms with Gasteiger partial charge in [-0.2, -0.15) is 0 Å². The van der Waals surface area contributed by atoms with Gasteiger partial charge in [0.1, 0.15) is 0 Å². The number of ether oxygens (including phenoxy) is 1. The van der Waals surface area contributed by atoms with Gasteiger partial charge in [-0.05, 0) is 42.7 Å². The Bertz CT molecular complexity index is 850. The summed E-state index contributed by atoms with van der Waals surface area (Å²) in [6.45, 7) is 3.95. The van der Waals surface area contributed by atoms with Crippen molar-refractivity contribution in [2.24, 2.45) is 0 Å². The maximum atomic E-state index is 12.7. The quantitative estimate of drug-likeness (QED) is 0.331. The van der Waals surface area contributed by atoms with Crippen LogP contribution in [0.5, 0.6) is 0 Å². The maximum Gasteiger partial charge on any atom is 0.231 e. The molecule has 0 saturated heterocycles. The fraction of sp³-hybridized carbons (Fsp3) is 0.385. The molecule has 0 unspecified atom stereocenters. The molecule has 2 aromatic rings. The van der Waals surface area contributed by atoms with E-state index in [1.807, 2.05) is 54.6 Å². The number of aliphatic hydroxyl groups is 1.